The normalized spacial score (nSPS) is 14.2. The lowest BCUT2D eigenvalue weighted by Gasteiger charge is -2.42. The molecule has 1 aromatic carbocycles. The molecule has 20 heavy (non-hydrogen) atoms. The van der Waals surface area contributed by atoms with Gasteiger partial charge in [-0.3, -0.25) is 4.79 Å². The van der Waals surface area contributed by atoms with Crippen molar-refractivity contribution in [2.24, 2.45) is 0 Å². The fourth-order valence-corrected chi connectivity index (χ4v) is 2.20. The van der Waals surface area contributed by atoms with E-state index in [4.69, 9.17) is 19.2 Å². The molecule has 0 amide bonds. The Bertz CT molecular complexity index is 525. The maximum atomic E-state index is 11.4. The Balaban J connectivity index is 2.53. The van der Waals surface area contributed by atoms with Crippen LogP contribution in [0.1, 0.15) is 43.6 Å². The second kappa shape index (κ2) is 5.11. The average molecular weight is 277 g/mol. The molecule has 0 unspecified atom stereocenters. The summed E-state index contributed by atoms with van der Waals surface area (Å²) >= 11 is 0. The van der Waals surface area contributed by atoms with Gasteiger partial charge in [0.2, 0.25) is 6.79 Å². The van der Waals surface area contributed by atoms with Gasteiger partial charge in [-0.15, -0.1) is 0 Å². The molecule has 1 aliphatic rings. The standard InChI is InChI=1S/C14H18BO5/c1-13(2,14(3,4)20-15-17)10-6-12-11(18-8-19-12)5-9(10)7-16/h5-7,17H,8H2,1-4H3. The Hall–Kier alpha value is -1.53. The Morgan fingerprint density at radius 3 is 2.40 bits per heavy atom. The number of ether oxygens (including phenoxy) is 2. The molecule has 5 nitrogen and oxygen atoms in total. The summed E-state index contributed by atoms with van der Waals surface area (Å²) in [5.41, 5.74) is 0.0499. The van der Waals surface area contributed by atoms with E-state index in [2.05, 4.69) is 0 Å². The Morgan fingerprint density at radius 1 is 1.25 bits per heavy atom. The van der Waals surface area contributed by atoms with Crippen LogP contribution >= 0.6 is 0 Å². The average Bonchev–Trinajstić information content (AvgIpc) is 2.83. The van der Waals surface area contributed by atoms with Crippen molar-refractivity contribution in [1.82, 2.24) is 0 Å². The molecule has 0 saturated heterocycles. The first-order valence-corrected chi connectivity index (χ1v) is 6.36. The number of aldehydes is 1. The Morgan fingerprint density at radius 2 is 1.85 bits per heavy atom. The van der Waals surface area contributed by atoms with Crippen molar-refractivity contribution in [3.8, 4) is 11.5 Å². The van der Waals surface area contributed by atoms with Gasteiger partial charge in [-0.25, -0.2) is 0 Å². The van der Waals surface area contributed by atoms with E-state index >= 15 is 0 Å². The fourth-order valence-electron chi connectivity index (χ4n) is 2.20. The van der Waals surface area contributed by atoms with Crippen molar-refractivity contribution in [3.63, 3.8) is 0 Å². The summed E-state index contributed by atoms with van der Waals surface area (Å²) in [7, 11) is 0.676. The van der Waals surface area contributed by atoms with E-state index in [9.17, 15) is 4.79 Å². The molecule has 1 aromatic rings. The largest absolute Gasteiger partial charge is 0.485 e. The SMILES string of the molecule is CC(C)(O[B]O)C(C)(C)c1cc2c(cc1C=O)OCO2. The molecule has 1 N–H and O–H groups in total. The first-order valence-electron chi connectivity index (χ1n) is 6.36. The topological polar surface area (TPSA) is 65.0 Å². The highest BCUT2D eigenvalue weighted by atomic mass is 16.7. The number of carbonyl (C=O) groups is 1. The monoisotopic (exact) mass is 277 g/mol. The van der Waals surface area contributed by atoms with Gasteiger partial charge in [-0.1, -0.05) is 13.8 Å². The van der Waals surface area contributed by atoms with E-state index in [1.54, 1.807) is 12.1 Å². The molecular formula is C14H18BO5. The highest BCUT2D eigenvalue weighted by molar-refractivity contribution is 6.16. The summed E-state index contributed by atoms with van der Waals surface area (Å²) in [6.45, 7) is 7.74. The molecule has 0 saturated carbocycles. The van der Waals surface area contributed by atoms with Gasteiger partial charge in [0.05, 0.1) is 5.60 Å². The van der Waals surface area contributed by atoms with Gasteiger partial charge in [-0.2, -0.15) is 0 Å². The van der Waals surface area contributed by atoms with Crippen LogP contribution < -0.4 is 9.47 Å². The van der Waals surface area contributed by atoms with Crippen LogP contribution in [0.5, 0.6) is 11.5 Å². The molecule has 1 radical (unpaired) electrons. The van der Waals surface area contributed by atoms with Gasteiger partial charge in [0, 0.05) is 11.0 Å². The lowest BCUT2D eigenvalue weighted by Crippen LogP contribution is -2.46. The van der Waals surface area contributed by atoms with E-state index in [1.165, 1.54) is 0 Å². The number of hydrogen-bond donors (Lipinski definition) is 1. The Labute approximate surface area is 119 Å². The number of hydrogen-bond acceptors (Lipinski definition) is 5. The minimum atomic E-state index is -0.715. The lowest BCUT2D eigenvalue weighted by atomic mass is 9.70. The van der Waals surface area contributed by atoms with Crippen LogP contribution in [0.15, 0.2) is 12.1 Å². The van der Waals surface area contributed by atoms with Crippen molar-refractivity contribution >= 4 is 14.0 Å². The molecule has 6 heteroatoms. The first kappa shape index (κ1) is 14.9. The van der Waals surface area contributed by atoms with E-state index in [0.29, 0.717) is 24.7 Å². The number of fused-ring (bicyclic) bond motifs is 1. The molecule has 0 spiro atoms. The minimum absolute atomic E-state index is 0.155. The molecule has 0 bridgehead atoms. The number of rotatable bonds is 5. The van der Waals surface area contributed by atoms with Crippen molar-refractivity contribution < 1.29 is 23.9 Å². The summed E-state index contributed by atoms with van der Waals surface area (Å²) < 4.78 is 16.0. The van der Waals surface area contributed by atoms with Crippen LogP contribution in [0, 0.1) is 0 Å². The lowest BCUT2D eigenvalue weighted by molar-refractivity contribution is 0.0254. The third-order valence-corrected chi connectivity index (χ3v) is 4.20. The van der Waals surface area contributed by atoms with E-state index in [1.807, 2.05) is 27.7 Å². The van der Waals surface area contributed by atoms with Crippen LogP contribution in [-0.4, -0.2) is 31.4 Å². The van der Waals surface area contributed by atoms with Crippen molar-refractivity contribution in [3.05, 3.63) is 23.3 Å². The van der Waals surface area contributed by atoms with Gasteiger partial charge in [0.1, 0.15) is 6.29 Å². The summed E-state index contributed by atoms with van der Waals surface area (Å²) in [5.74, 6) is 1.18. The summed E-state index contributed by atoms with van der Waals surface area (Å²) in [6, 6.07) is 3.47. The van der Waals surface area contributed by atoms with Crippen LogP contribution in [0.25, 0.3) is 0 Å². The highest BCUT2D eigenvalue weighted by Gasteiger charge is 2.41. The molecule has 0 aromatic heterocycles. The molecular weight excluding hydrogens is 259 g/mol. The fraction of sp³-hybridized carbons (Fsp3) is 0.500. The van der Waals surface area contributed by atoms with Crippen molar-refractivity contribution in [2.75, 3.05) is 6.79 Å². The molecule has 1 heterocycles. The van der Waals surface area contributed by atoms with E-state index in [0.717, 1.165) is 11.8 Å². The molecule has 0 aliphatic carbocycles. The molecule has 2 rings (SSSR count). The van der Waals surface area contributed by atoms with Crippen LogP contribution in [0.4, 0.5) is 0 Å². The first-order chi connectivity index (χ1) is 9.33. The second-order valence-electron chi connectivity index (χ2n) is 5.77. The predicted octanol–water partition coefficient (Wildman–Crippen LogP) is 1.83. The van der Waals surface area contributed by atoms with Gasteiger partial charge in [0.25, 0.3) is 0 Å². The number of carbonyl (C=O) groups excluding carboxylic acids is 1. The zero-order valence-corrected chi connectivity index (χ0v) is 12.1. The van der Waals surface area contributed by atoms with Gasteiger partial charge < -0.3 is 19.2 Å². The van der Waals surface area contributed by atoms with Gasteiger partial charge in [0.15, 0.2) is 11.5 Å². The van der Waals surface area contributed by atoms with E-state index < -0.39 is 11.0 Å². The maximum Gasteiger partial charge on any atom is 0.485 e. The molecule has 1 aliphatic heterocycles. The smallest absolute Gasteiger partial charge is 0.454 e. The molecule has 107 valence electrons. The van der Waals surface area contributed by atoms with Crippen LogP contribution in [0.3, 0.4) is 0 Å². The van der Waals surface area contributed by atoms with Crippen molar-refractivity contribution in [2.45, 2.75) is 38.7 Å². The summed E-state index contributed by atoms with van der Waals surface area (Å²) in [6.07, 6.45) is 0.789. The second-order valence-corrected chi connectivity index (χ2v) is 5.77. The van der Waals surface area contributed by atoms with Crippen LogP contribution in [-0.2, 0) is 10.1 Å². The summed E-state index contributed by atoms with van der Waals surface area (Å²) in [4.78, 5) is 11.4. The highest BCUT2D eigenvalue weighted by Crippen LogP contribution is 2.43. The van der Waals surface area contributed by atoms with Gasteiger partial charge in [-0.05, 0) is 31.5 Å². The minimum Gasteiger partial charge on any atom is -0.454 e. The van der Waals surface area contributed by atoms with Gasteiger partial charge >= 0.3 is 7.69 Å². The molecule has 0 atom stereocenters. The van der Waals surface area contributed by atoms with Crippen molar-refractivity contribution in [1.29, 1.82) is 0 Å². The summed E-state index contributed by atoms with van der Waals surface area (Å²) in [5, 5.41) is 8.93. The zero-order chi connectivity index (χ0) is 15.0. The predicted molar refractivity (Wildman–Crippen MR) is 74.1 cm³/mol. The third-order valence-electron chi connectivity index (χ3n) is 4.20. The van der Waals surface area contributed by atoms with E-state index in [-0.39, 0.29) is 6.79 Å². The zero-order valence-electron chi connectivity index (χ0n) is 12.1. The quantitative estimate of drug-likeness (QED) is 0.657. The molecule has 0 fully saturated rings. The number of benzene rings is 1. The van der Waals surface area contributed by atoms with Crippen LogP contribution in [0.2, 0.25) is 0 Å². The third kappa shape index (κ3) is 2.29. The Kier molecular flexibility index (Phi) is 3.80. The maximum absolute atomic E-state index is 11.4.